The Bertz CT molecular complexity index is 1030. The highest BCUT2D eigenvalue weighted by Crippen LogP contribution is 2.37. The lowest BCUT2D eigenvalue weighted by molar-refractivity contribution is 0.483. The molecule has 7 heteroatoms. The zero-order chi connectivity index (χ0) is 16.8. The molecule has 0 aliphatic rings. The van der Waals surface area contributed by atoms with Crippen molar-refractivity contribution in [2.45, 2.75) is 11.8 Å². The van der Waals surface area contributed by atoms with E-state index in [1.807, 2.05) is 6.07 Å². The van der Waals surface area contributed by atoms with Crippen LogP contribution >= 0.6 is 0 Å². The lowest BCUT2D eigenvalue weighted by Crippen LogP contribution is -2.06. The molecule has 2 aromatic carbocycles. The summed E-state index contributed by atoms with van der Waals surface area (Å²) in [5.74, 6) is 0. The summed E-state index contributed by atoms with van der Waals surface area (Å²) in [6.07, 6.45) is 0. The molecule has 0 atom stereocenters. The number of hydrogen-bond donors (Lipinski definition) is 3. The molecule has 0 saturated heterocycles. The molecule has 118 valence electrons. The first-order chi connectivity index (χ1) is 10.8. The zero-order valence-electron chi connectivity index (χ0n) is 12.3. The molecule has 0 saturated carbocycles. The number of nitrogens with two attached hydrogens (primary N) is 2. The summed E-state index contributed by atoms with van der Waals surface area (Å²) < 4.78 is 32.8. The van der Waals surface area contributed by atoms with Crippen LogP contribution in [0, 0.1) is 6.92 Å². The largest absolute Gasteiger partial charge is 0.396 e. The highest BCUT2D eigenvalue weighted by Gasteiger charge is 2.21. The molecule has 0 unspecified atom stereocenters. The number of hydrogen-bond acceptors (Lipinski definition) is 5. The van der Waals surface area contributed by atoms with Crippen molar-refractivity contribution in [1.82, 2.24) is 4.98 Å². The molecular weight excluding hydrogens is 314 g/mol. The Morgan fingerprint density at radius 3 is 2.43 bits per heavy atom. The van der Waals surface area contributed by atoms with Crippen molar-refractivity contribution >= 4 is 32.4 Å². The number of para-hydroxylation sites is 1. The van der Waals surface area contributed by atoms with Gasteiger partial charge >= 0.3 is 0 Å². The van der Waals surface area contributed by atoms with E-state index in [9.17, 15) is 13.0 Å². The maximum Gasteiger partial charge on any atom is 0.295 e. The van der Waals surface area contributed by atoms with Crippen molar-refractivity contribution in [2.75, 3.05) is 11.5 Å². The molecule has 23 heavy (non-hydrogen) atoms. The van der Waals surface area contributed by atoms with Gasteiger partial charge in [-0.3, -0.25) is 4.55 Å². The average molecular weight is 329 g/mol. The zero-order valence-corrected chi connectivity index (χ0v) is 13.1. The summed E-state index contributed by atoms with van der Waals surface area (Å²) in [6, 6.07) is 11.7. The Labute approximate surface area is 133 Å². The quantitative estimate of drug-likeness (QED) is 0.622. The highest BCUT2D eigenvalue weighted by molar-refractivity contribution is 7.86. The SMILES string of the molecule is Cc1ccc(S(=O)(=O)O)c(-c2nc3ccccc3c(N)c2N)c1. The van der Waals surface area contributed by atoms with Crippen molar-refractivity contribution in [1.29, 1.82) is 0 Å². The topological polar surface area (TPSA) is 119 Å². The van der Waals surface area contributed by atoms with E-state index in [-0.39, 0.29) is 21.8 Å². The minimum absolute atomic E-state index is 0.180. The predicted octanol–water partition coefficient (Wildman–Crippen LogP) is 2.62. The lowest BCUT2D eigenvalue weighted by Gasteiger charge is -2.14. The molecule has 6 nitrogen and oxygen atoms in total. The number of pyridine rings is 1. The van der Waals surface area contributed by atoms with Gasteiger partial charge in [0.1, 0.15) is 4.90 Å². The Hall–Kier alpha value is -2.64. The normalized spacial score (nSPS) is 11.7. The third kappa shape index (κ3) is 2.60. The van der Waals surface area contributed by atoms with E-state index in [0.717, 1.165) is 5.56 Å². The lowest BCUT2D eigenvalue weighted by atomic mass is 10.0. The predicted molar refractivity (Wildman–Crippen MR) is 90.6 cm³/mol. The van der Waals surface area contributed by atoms with Gasteiger partial charge in [0.2, 0.25) is 0 Å². The highest BCUT2D eigenvalue weighted by atomic mass is 32.2. The van der Waals surface area contributed by atoms with E-state index in [0.29, 0.717) is 16.6 Å². The summed E-state index contributed by atoms with van der Waals surface area (Å²) in [6.45, 7) is 1.80. The number of aromatic nitrogens is 1. The second-order valence-electron chi connectivity index (χ2n) is 5.28. The van der Waals surface area contributed by atoms with Crippen molar-refractivity contribution in [2.24, 2.45) is 0 Å². The van der Waals surface area contributed by atoms with Crippen LogP contribution in [0.2, 0.25) is 0 Å². The Morgan fingerprint density at radius 2 is 1.74 bits per heavy atom. The molecule has 3 rings (SSSR count). The van der Waals surface area contributed by atoms with Crippen molar-refractivity contribution in [3.8, 4) is 11.3 Å². The maximum absolute atomic E-state index is 11.7. The summed E-state index contributed by atoms with van der Waals surface area (Å²) in [7, 11) is -4.42. The van der Waals surface area contributed by atoms with Crippen LogP contribution in [0.25, 0.3) is 22.2 Å². The first-order valence-corrected chi connectivity index (χ1v) is 8.25. The third-order valence-electron chi connectivity index (χ3n) is 3.64. The van der Waals surface area contributed by atoms with Crippen molar-refractivity contribution in [3.63, 3.8) is 0 Å². The molecule has 0 bridgehead atoms. The van der Waals surface area contributed by atoms with Crippen LogP contribution in [0.15, 0.2) is 47.4 Å². The van der Waals surface area contributed by atoms with Crippen LogP contribution in [-0.2, 0) is 10.1 Å². The number of aryl methyl sites for hydroxylation is 1. The molecular formula is C16H15N3O3S. The second-order valence-corrected chi connectivity index (χ2v) is 6.67. The van der Waals surface area contributed by atoms with E-state index in [4.69, 9.17) is 11.5 Å². The first-order valence-electron chi connectivity index (χ1n) is 6.81. The van der Waals surface area contributed by atoms with Crippen molar-refractivity contribution in [3.05, 3.63) is 48.0 Å². The Morgan fingerprint density at radius 1 is 1.04 bits per heavy atom. The van der Waals surface area contributed by atoms with Gasteiger partial charge in [-0.1, -0.05) is 29.8 Å². The smallest absolute Gasteiger partial charge is 0.295 e. The Balaban J connectivity index is 2.42. The third-order valence-corrected chi connectivity index (χ3v) is 4.55. The van der Waals surface area contributed by atoms with Crippen LogP contribution in [0.3, 0.4) is 0 Å². The second kappa shape index (κ2) is 5.22. The summed E-state index contributed by atoms with van der Waals surface area (Å²) in [5.41, 5.74) is 14.5. The standard InChI is InChI=1S/C16H15N3O3S/c1-9-6-7-13(23(20,21)22)11(8-9)16-15(18)14(17)10-4-2-3-5-12(10)19-16/h2-8H,18H2,1H3,(H2,17,19)(H,20,21,22). The van der Waals surface area contributed by atoms with E-state index >= 15 is 0 Å². The van der Waals surface area contributed by atoms with Crippen LogP contribution in [-0.4, -0.2) is 18.0 Å². The molecule has 0 aliphatic heterocycles. The number of nitrogen functional groups attached to an aromatic ring is 2. The fourth-order valence-corrected chi connectivity index (χ4v) is 3.18. The van der Waals surface area contributed by atoms with Gasteiger partial charge in [0.25, 0.3) is 10.1 Å². The molecule has 1 heterocycles. The van der Waals surface area contributed by atoms with Gasteiger partial charge in [-0.25, -0.2) is 4.98 Å². The maximum atomic E-state index is 11.7. The van der Waals surface area contributed by atoms with Gasteiger partial charge in [0.15, 0.2) is 0 Å². The van der Waals surface area contributed by atoms with Crippen molar-refractivity contribution < 1.29 is 13.0 Å². The minimum Gasteiger partial charge on any atom is -0.396 e. The number of nitrogens with zero attached hydrogens (tertiary/aromatic N) is 1. The number of benzene rings is 2. The van der Waals surface area contributed by atoms with E-state index in [1.165, 1.54) is 6.07 Å². The molecule has 1 aromatic heterocycles. The number of anilines is 2. The van der Waals surface area contributed by atoms with Crippen LogP contribution in [0.5, 0.6) is 0 Å². The molecule has 0 fully saturated rings. The number of fused-ring (bicyclic) bond motifs is 1. The van der Waals surface area contributed by atoms with Gasteiger partial charge in [-0.05, 0) is 25.1 Å². The summed E-state index contributed by atoms with van der Waals surface area (Å²) in [4.78, 5) is 4.19. The average Bonchev–Trinajstić information content (AvgIpc) is 2.49. The van der Waals surface area contributed by atoms with E-state index < -0.39 is 10.1 Å². The van der Waals surface area contributed by atoms with Gasteiger partial charge < -0.3 is 11.5 Å². The minimum atomic E-state index is -4.42. The summed E-state index contributed by atoms with van der Waals surface area (Å²) in [5, 5.41) is 0.690. The van der Waals surface area contributed by atoms with Gasteiger partial charge in [-0.15, -0.1) is 0 Å². The van der Waals surface area contributed by atoms with Gasteiger partial charge in [0.05, 0.1) is 22.6 Å². The molecule has 5 N–H and O–H groups in total. The van der Waals surface area contributed by atoms with Gasteiger partial charge in [-0.2, -0.15) is 8.42 Å². The molecule has 3 aromatic rings. The Kier molecular flexibility index (Phi) is 3.46. The fraction of sp³-hybridized carbons (Fsp3) is 0.0625. The van der Waals surface area contributed by atoms with Gasteiger partial charge in [0, 0.05) is 10.9 Å². The fourth-order valence-electron chi connectivity index (χ4n) is 2.51. The monoisotopic (exact) mass is 329 g/mol. The number of rotatable bonds is 2. The molecule has 0 amide bonds. The van der Waals surface area contributed by atoms with E-state index in [1.54, 1.807) is 37.3 Å². The van der Waals surface area contributed by atoms with E-state index in [2.05, 4.69) is 4.98 Å². The summed E-state index contributed by atoms with van der Waals surface area (Å²) >= 11 is 0. The first kappa shape index (κ1) is 15.3. The molecule has 0 aliphatic carbocycles. The van der Waals surface area contributed by atoms with Crippen LogP contribution < -0.4 is 11.5 Å². The molecule has 0 spiro atoms. The molecule has 0 radical (unpaired) electrons. The van der Waals surface area contributed by atoms with Crippen LogP contribution in [0.1, 0.15) is 5.56 Å². The van der Waals surface area contributed by atoms with Crippen LogP contribution in [0.4, 0.5) is 11.4 Å².